The lowest BCUT2D eigenvalue weighted by atomic mass is 10.2. The number of hydrogen-bond acceptors (Lipinski definition) is 2. The quantitative estimate of drug-likeness (QED) is 0.840. The third-order valence-corrected chi connectivity index (χ3v) is 4.69. The molecule has 2 amide bonds. The lowest BCUT2D eigenvalue weighted by molar-refractivity contribution is -0.914. The van der Waals surface area contributed by atoms with Gasteiger partial charge in [-0.1, -0.05) is 17.7 Å². The first kappa shape index (κ1) is 14.5. The molecule has 0 unspecified atom stereocenters. The van der Waals surface area contributed by atoms with E-state index < -0.39 is 0 Å². The van der Waals surface area contributed by atoms with Crippen LogP contribution in [0.5, 0.6) is 0 Å². The van der Waals surface area contributed by atoms with Gasteiger partial charge in [0, 0.05) is 5.02 Å². The van der Waals surface area contributed by atoms with Crippen molar-refractivity contribution in [3.63, 3.8) is 0 Å². The van der Waals surface area contributed by atoms with E-state index in [4.69, 9.17) is 11.6 Å². The largest absolute Gasteiger partial charge is 0.324 e. The van der Waals surface area contributed by atoms with Crippen molar-refractivity contribution in [2.75, 3.05) is 18.0 Å². The van der Waals surface area contributed by atoms with Gasteiger partial charge in [-0.3, -0.25) is 9.59 Å². The number of amides is 2. The third kappa shape index (κ3) is 2.97. The predicted octanol–water partition coefficient (Wildman–Crippen LogP) is 1.43. The topological polar surface area (TPSA) is 41.8 Å². The molecule has 2 aliphatic rings. The Hall–Kier alpha value is -1.39. The van der Waals surface area contributed by atoms with Gasteiger partial charge in [0.15, 0.2) is 6.04 Å². The maximum absolute atomic E-state index is 12.7. The summed E-state index contributed by atoms with van der Waals surface area (Å²) < 4.78 is 0. The number of likely N-dealkylation sites (tertiary alicyclic amines) is 1. The highest BCUT2D eigenvalue weighted by Crippen LogP contribution is 2.24. The molecule has 21 heavy (non-hydrogen) atoms. The van der Waals surface area contributed by atoms with E-state index in [0.29, 0.717) is 17.1 Å². The van der Waals surface area contributed by atoms with Crippen LogP contribution in [0.2, 0.25) is 5.02 Å². The van der Waals surface area contributed by atoms with Crippen LogP contribution >= 0.6 is 11.6 Å². The number of rotatable bonds is 2. The molecule has 2 heterocycles. The Balaban J connectivity index is 1.81. The monoisotopic (exact) mass is 307 g/mol. The lowest BCUT2D eigenvalue weighted by Gasteiger charge is -2.22. The Labute approximate surface area is 129 Å². The van der Waals surface area contributed by atoms with Crippen LogP contribution in [-0.2, 0) is 9.59 Å². The molecule has 0 aromatic heterocycles. The second kappa shape index (κ2) is 6.16. The Morgan fingerprint density at radius 1 is 1.10 bits per heavy atom. The molecule has 0 radical (unpaired) electrons. The average Bonchev–Trinajstić information content (AvgIpc) is 2.66. The Bertz CT molecular complexity index is 553. The fourth-order valence-corrected chi connectivity index (χ4v) is 3.55. The van der Waals surface area contributed by atoms with Crippen molar-refractivity contribution >= 4 is 29.1 Å². The van der Waals surface area contributed by atoms with Crippen molar-refractivity contribution in [2.24, 2.45) is 0 Å². The van der Waals surface area contributed by atoms with E-state index >= 15 is 0 Å². The first-order chi connectivity index (χ1) is 10.2. The second-order valence-electron chi connectivity index (χ2n) is 5.88. The van der Waals surface area contributed by atoms with Gasteiger partial charge in [0.1, 0.15) is 0 Å². The molecule has 0 spiro atoms. The summed E-state index contributed by atoms with van der Waals surface area (Å²) >= 11 is 5.97. The van der Waals surface area contributed by atoms with E-state index in [1.54, 1.807) is 24.3 Å². The van der Waals surface area contributed by atoms with Crippen molar-refractivity contribution < 1.29 is 14.5 Å². The molecule has 0 saturated carbocycles. The smallest absolute Gasteiger partial charge is 0.292 e. The van der Waals surface area contributed by atoms with E-state index in [-0.39, 0.29) is 17.9 Å². The predicted molar refractivity (Wildman–Crippen MR) is 81.5 cm³/mol. The molecule has 1 aromatic carbocycles. The number of benzene rings is 1. The van der Waals surface area contributed by atoms with Crippen molar-refractivity contribution in [1.29, 1.82) is 0 Å². The zero-order valence-corrected chi connectivity index (χ0v) is 12.7. The molecule has 1 aromatic rings. The minimum Gasteiger partial charge on any atom is -0.324 e. The number of nitrogens with zero attached hydrogens (tertiary/aromatic N) is 1. The number of carbonyl (C=O) groups excluding carboxylic acids is 2. The number of halogens is 1. The molecule has 1 atom stereocenters. The molecular weight excluding hydrogens is 288 g/mol. The third-order valence-electron chi connectivity index (χ3n) is 4.45. The van der Waals surface area contributed by atoms with Gasteiger partial charge in [-0.05, 0) is 43.9 Å². The first-order valence-corrected chi connectivity index (χ1v) is 8.01. The molecule has 2 saturated heterocycles. The molecule has 5 heteroatoms. The fraction of sp³-hybridized carbons (Fsp3) is 0.500. The highest BCUT2D eigenvalue weighted by Gasteiger charge is 2.45. The fourth-order valence-electron chi connectivity index (χ4n) is 3.37. The molecule has 2 fully saturated rings. The van der Waals surface area contributed by atoms with Gasteiger partial charge in [-0.2, -0.15) is 0 Å². The summed E-state index contributed by atoms with van der Waals surface area (Å²) in [6.45, 7) is 1.99. The van der Waals surface area contributed by atoms with Crippen molar-refractivity contribution in [1.82, 2.24) is 0 Å². The van der Waals surface area contributed by atoms with E-state index in [2.05, 4.69) is 0 Å². The molecule has 3 rings (SSSR count). The molecule has 1 N–H and O–H groups in total. The summed E-state index contributed by atoms with van der Waals surface area (Å²) in [7, 11) is 0. The highest BCUT2D eigenvalue weighted by molar-refractivity contribution is 6.31. The van der Waals surface area contributed by atoms with Crippen LogP contribution < -0.4 is 9.80 Å². The SMILES string of the molecule is O=C1C[C@H]([NH+]2CCCCCC2)C(=O)N1c1cccc(Cl)c1. The normalized spacial score (nSPS) is 24.4. The number of anilines is 1. The summed E-state index contributed by atoms with van der Waals surface area (Å²) in [6.07, 6.45) is 5.07. The van der Waals surface area contributed by atoms with Crippen LogP contribution in [0.1, 0.15) is 32.1 Å². The summed E-state index contributed by atoms with van der Waals surface area (Å²) in [4.78, 5) is 27.6. The Morgan fingerprint density at radius 2 is 1.81 bits per heavy atom. The number of hydrogen-bond donors (Lipinski definition) is 1. The molecule has 0 aliphatic carbocycles. The standard InChI is InChI=1S/C16H19ClN2O2/c17-12-6-5-7-13(10-12)19-15(20)11-14(16(19)21)18-8-3-1-2-4-9-18/h5-7,10,14H,1-4,8-9,11H2/p+1/t14-/m0/s1. The number of imide groups is 1. The number of quaternary nitrogens is 1. The van der Waals surface area contributed by atoms with Crippen molar-refractivity contribution in [3.05, 3.63) is 29.3 Å². The van der Waals surface area contributed by atoms with Crippen LogP contribution in [0.15, 0.2) is 24.3 Å². The van der Waals surface area contributed by atoms with Gasteiger partial charge in [-0.15, -0.1) is 0 Å². The first-order valence-electron chi connectivity index (χ1n) is 7.64. The summed E-state index contributed by atoms with van der Waals surface area (Å²) in [5, 5.41) is 0.540. The summed E-state index contributed by atoms with van der Waals surface area (Å²) in [6, 6.07) is 6.74. The maximum atomic E-state index is 12.7. The molecule has 112 valence electrons. The van der Waals surface area contributed by atoms with Gasteiger partial charge in [0.05, 0.1) is 25.2 Å². The van der Waals surface area contributed by atoms with Gasteiger partial charge >= 0.3 is 0 Å². The molecular formula is C16H20ClN2O2+. The van der Waals surface area contributed by atoms with Crippen LogP contribution in [0.4, 0.5) is 5.69 Å². The van der Waals surface area contributed by atoms with Crippen LogP contribution in [0.3, 0.4) is 0 Å². The van der Waals surface area contributed by atoms with Crippen LogP contribution in [-0.4, -0.2) is 30.9 Å². The summed E-state index contributed by atoms with van der Waals surface area (Å²) in [5.74, 6) is -0.178. The van der Waals surface area contributed by atoms with Gasteiger partial charge in [0.2, 0.25) is 5.91 Å². The van der Waals surface area contributed by atoms with E-state index in [0.717, 1.165) is 25.9 Å². The zero-order valence-electron chi connectivity index (χ0n) is 12.0. The highest BCUT2D eigenvalue weighted by atomic mass is 35.5. The molecule has 0 bridgehead atoms. The van der Waals surface area contributed by atoms with E-state index in [1.165, 1.54) is 22.6 Å². The molecule has 4 nitrogen and oxygen atoms in total. The van der Waals surface area contributed by atoms with Crippen LogP contribution in [0, 0.1) is 0 Å². The van der Waals surface area contributed by atoms with Crippen LogP contribution in [0.25, 0.3) is 0 Å². The minimum absolute atomic E-state index is 0.0702. The minimum atomic E-state index is -0.213. The van der Waals surface area contributed by atoms with E-state index in [1.807, 2.05) is 0 Å². The van der Waals surface area contributed by atoms with Gasteiger partial charge in [-0.25, -0.2) is 4.90 Å². The van der Waals surface area contributed by atoms with Gasteiger partial charge in [0.25, 0.3) is 5.91 Å². The van der Waals surface area contributed by atoms with E-state index in [9.17, 15) is 9.59 Å². The maximum Gasteiger partial charge on any atom is 0.292 e. The number of nitrogens with one attached hydrogen (secondary N) is 1. The Morgan fingerprint density at radius 3 is 2.48 bits per heavy atom. The molecule has 2 aliphatic heterocycles. The zero-order chi connectivity index (χ0) is 14.8. The van der Waals surface area contributed by atoms with Crippen molar-refractivity contribution in [3.8, 4) is 0 Å². The number of carbonyl (C=O) groups is 2. The second-order valence-corrected chi connectivity index (χ2v) is 6.31. The van der Waals surface area contributed by atoms with Gasteiger partial charge < -0.3 is 4.90 Å². The van der Waals surface area contributed by atoms with Crippen molar-refractivity contribution in [2.45, 2.75) is 38.1 Å². The summed E-state index contributed by atoms with van der Waals surface area (Å²) in [5.41, 5.74) is 0.592. The Kier molecular flexibility index (Phi) is 4.27. The lowest BCUT2D eigenvalue weighted by Crippen LogP contribution is -3.16. The average molecular weight is 308 g/mol.